The van der Waals surface area contributed by atoms with Crippen LogP contribution in [0.3, 0.4) is 0 Å². The maximum Gasteiger partial charge on any atom is 0.252 e. The summed E-state index contributed by atoms with van der Waals surface area (Å²) in [4.78, 5) is 16.0. The number of nitrogens with one attached hydrogen (secondary N) is 1. The number of aromatic nitrogens is 1. The summed E-state index contributed by atoms with van der Waals surface area (Å²) >= 11 is 3.36. The summed E-state index contributed by atoms with van der Waals surface area (Å²) in [5.74, 6) is 1.09. The van der Waals surface area contributed by atoms with Gasteiger partial charge in [-0.3, -0.25) is 4.79 Å². The minimum absolute atomic E-state index is 0.151. The lowest BCUT2D eigenvalue weighted by atomic mass is 10.1. The van der Waals surface area contributed by atoms with E-state index in [2.05, 4.69) is 26.2 Å². The van der Waals surface area contributed by atoms with Crippen LogP contribution in [0.15, 0.2) is 33.3 Å². The highest BCUT2D eigenvalue weighted by atomic mass is 79.9. The minimum atomic E-state index is -0.151. The lowest BCUT2D eigenvalue weighted by molar-refractivity contribution is 0.0946. The summed E-state index contributed by atoms with van der Waals surface area (Å²) < 4.78 is 6.06. The Kier molecular flexibility index (Phi) is 3.81. The third-order valence-electron chi connectivity index (χ3n) is 2.44. The van der Waals surface area contributed by atoms with E-state index in [-0.39, 0.29) is 12.5 Å². The number of halogens is 1. The SMILES string of the molecule is Cc1ccc(Br)c(C(=O)NCc2ncc(C)o2)c1. The number of aryl methyl sites for hydroxylation is 2. The fourth-order valence-electron chi connectivity index (χ4n) is 1.55. The molecular formula is C13H13BrN2O2. The zero-order valence-corrected chi connectivity index (χ0v) is 11.7. The van der Waals surface area contributed by atoms with Gasteiger partial charge in [-0.2, -0.15) is 0 Å². The Morgan fingerprint density at radius 1 is 1.44 bits per heavy atom. The summed E-state index contributed by atoms with van der Waals surface area (Å²) in [6, 6.07) is 5.64. The molecule has 0 aliphatic carbocycles. The molecule has 1 aromatic carbocycles. The van der Waals surface area contributed by atoms with E-state index in [1.54, 1.807) is 6.20 Å². The Morgan fingerprint density at radius 2 is 2.22 bits per heavy atom. The highest BCUT2D eigenvalue weighted by molar-refractivity contribution is 9.10. The number of carbonyl (C=O) groups excluding carboxylic acids is 1. The number of oxazole rings is 1. The summed E-state index contributed by atoms with van der Waals surface area (Å²) in [5, 5.41) is 2.77. The van der Waals surface area contributed by atoms with E-state index in [1.165, 1.54) is 0 Å². The van der Waals surface area contributed by atoms with Gasteiger partial charge in [0.15, 0.2) is 0 Å². The van der Waals surface area contributed by atoms with E-state index in [4.69, 9.17) is 4.42 Å². The highest BCUT2D eigenvalue weighted by Crippen LogP contribution is 2.18. The molecule has 0 radical (unpaired) electrons. The van der Waals surface area contributed by atoms with Crippen molar-refractivity contribution < 1.29 is 9.21 Å². The summed E-state index contributed by atoms with van der Waals surface area (Å²) in [6.45, 7) is 4.04. The molecule has 4 nitrogen and oxygen atoms in total. The van der Waals surface area contributed by atoms with Gasteiger partial charge in [0.05, 0.1) is 18.3 Å². The van der Waals surface area contributed by atoms with Crippen molar-refractivity contribution in [3.8, 4) is 0 Å². The molecule has 0 aliphatic heterocycles. The van der Waals surface area contributed by atoms with E-state index in [9.17, 15) is 4.79 Å². The molecule has 5 heteroatoms. The average Bonchev–Trinajstić information content (AvgIpc) is 2.75. The van der Waals surface area contributed by atoms with Crippen molar-refractivity contribution in [1.29, 1.82) is 0 Å². The molecule has 2 aromatic rings. The Hall–Kier alpha value is -1.62. The van der Waals surface area contributed by atoms with Crippen LogP contribution < -0.4 is 5.32 Å². The Balaban J connectivity index is 2.05. The first kappa shape index (κ1) is 12.8. The van der Waals surface area contributed by atoms with Crippen LogP contribution in [0, 0.1) is 13.8 Å². The van der Waals surface area contributed by atoms with Crippen LogP contribution in [0.25, 0.3) is 0 Å². The van der Waals surface area contributed by atoms with Crippen molar-refractivity contribution in [2.45, 2.75) is 20.4 Å². The monoisotopic (exact) mass is 308 g/mol. The first-order valence-electron chi connectivity index (χ1n) is 5.52. The third-order valence-corrected chi connectivity index (χ3v) is 3.13. The summed E-state index contributed by atoms with van der Waals surface area (Å²) in [5.41, 5.74) is 1.65. The number of benzene rings is 1. The van der Waals surface area contributed by atoms with Crippen molar-refractivity contribution in [1.82, 2.24) is 10.3 Å². The van der Waals surface area contributed by atoms with Gasteiger partial charge in [-0.1, -0.05) is 11.6 Å². The Bertz CT molecular complexity index is 578. The molecule has 0 bridgehead atoms. The fourth-order valence-corrected chi connectivity index (χ4v) is 1.97. The van der Waals surface area contributed by atoms with Crippen LogP contribution in [0.1, 0.15) is 27.6 Å². The Morgan fingerprint density at radius 3 is 2.89 bits per heavy atom. The number of rotatable bonds is 3. The number of nitrogens with zero attached hydrogens (tertiary/aromatic N) is 1. The van der Waals surface area contributed by atoms with Gasteiger partial charge in [0, 0.05) is 4.47 Å². The Labute approximate surface area is 114 Å². The van der Waals surface area contributed by atoms with E-state index >= 15 is 0 Å². The third kappa shape index (κ3) is 2.98. The van der Waals surface area contributed by atoms with Crippen LogP contribution in [-0.2, 0) is 6.54 Å². The van der Waals surface area contributed by atoms with Gasteiger partial charge in [0.25, 0.3) is 5.91 Å². The zero-order chi connectivity index (χ0) is 13.1. The second-order valence-electron chi connectivity index (χ2n) is 4.03. The normalized spacial score (nSPS) is 10.4. The highest BCUT2D eigenvalue weighted by Gasteiger charge is 2.11. The van der Waals surface area contributed by atoms with Crippen LogP contribution in [0.5, 0.6) is 0 Å². The zero-order valence-electron chi connectivity index (χ0n) is 10.2. The molecule has 0 unspecified atom stereocenters. The average molecular weight is 309 g/mol. The van der Waals surface area contributed by atoms with Crippen LogP contribution >= 0.6 is 15.9 Å². The van der Waals surface area contributed by atoms with Gasteiger partial charge in [-0.25, -0.2) is 4.98 Å². The molecule has 1 N–H and O–H groups in total. The quantitative estimate of drug-likeness (QED) is 0.948. The second kappa shape index (κ2) is 5.35. The predicted octanol–water partition coefficient (Wildman–Crippen LogP) is 2.98. The van der Waals surface area contributed by atoms with E-state index in [0.29, 0.717) is 11.5 Å². The smallest absolute Gasteiger partial charge is 0.252 e. The summed E-state index contributed by atoms with van der Waals surface area (Å²) in [6.07, 6.45) is 1.63. The van der Waals surface area contributed by atoms with Crippen molar-refractivity contribution in [3.63, 3.8) is 0 Å². The number of amides is 1. The maximum absolute atomic E-state index is 12.0. The van der Waals surface area contributed by atoms with Crippen LogP contribution in [0.4, 0.5) is 0 Å². The van der Waals surface area contributed by atoms with E-state index in [0.717, 1.165) is 15.8 Å². The molecule has 1 amide bonds. The molecule has 0 saturated carbocycles. The molecule has 94 valence electrons. The van der Waals surface area contributed by atoms with Gasteiger partial charge in [0.1, 0.15) is 5.76 Å². The molecule has 1 heterocycles. The second-order valence-corrected chi connectivity index (χ2v) is 4.88. The number of carbonyl (C=O) groups is 1. The molecule has 0 spiro atoms. The van der Waals surface area contributed by atoms with Crippen molar-refractivity contribution >= 4 is 21.8 Å². The fraction of sp³-hybridized carbons (Fsp3) is 0.231. The van der Waals surface area contributed by atoms with Crippen molar-refractivity contribution in [2.75, 3.05) is 0 Å². The van der Waals surface area contributed by atoms with Gasteiger partial charge in [0.2, 0.25) is 5.89 Å². The molecular weight excluding hydrogens is 296 g/mol. The maximum atomic E-state index is 12.0. The van der Waals surface area contributed by atoms with Gasteiger partial charge < -0.3 is 9.73 Å². The van der Waals surface area contributed by atoms with Crippen molar-refractivity contribution in [3.05, 3.63) is 51.6 Å². The van der Waals surface area contributed by atoms with E-state index < -0.39 is 0 Å². The lowest BCUT2D eigenvalue weighted by Crippen LogP contribution is -2.23. The molecule has 2 rings (SSSR count). The number of hydrogen-bond acceptors (Lipinski definition) is 3. The lowest BCUT2D eigenvalue weighted by Gasteiger charge is -2.06. The first-order chi connectivity index (χ1) is 8.56. The molecule has 0 saturated heterocycles. The van der Waals surface area contributed by atoms with Gasteiger partial charge in [-0.15, -0.1) is 0 Å². The minimum Gasteiger partial charge on any atom is -0.444 e. The molecule has 1 aromatic heterocycles. The van der Waals surface area contributed by atoms with Gasteiger partial charge >= 0.3 is 0 Å². The van der Waals surface area contributed by atoms with Crippen LogP contribution in [0.2, 0.25) is 0 Å². The molecule has 0 aliphatic rings. The van der Waals surface area contributed by atoms with Crippen LogP contribution in [-0.4, -0.2) is 10.9 Å². The molecule has 18 heavy (non-hydrogen) atoms. The largest absolute Gasteiger partial charge is 0.444 e. The number of hydrogen-bond donors (Lipinski definition) is 1. The standard InChI is InChI=1S/C13H13BrN2O2/c1-8-3-4-11(14)10(5-8)13(17)16-7-12-15-6-9(2)18-12/h3-6H,7H2,1-2H3,(H,16,17). The summed E-state index contributed by atoms with van der Waals surface area (Å²) in [7, 11) is 0. The predicted molar refractivity (Wildman–Crippen MR) is 71.3 cm³/mol. The topological polar surface area (TPSA) is 55.1 Å². The van der Waals surface area contributed by atoms with E-state index in [1.807, 2.05) is 32.0 Å². The first-order valence-corrected chi connectivity index (χ1v) is 6.31. The van der Waals surface area contributed by atoms with Crippen molar-refractivity contribution in [2.24, 2.45) is 0 Å². The molecule has 0 fully saturated rings. The van der Waals surface area contributed by atoms with Gasteiger partial charge in [-0.05, 0) is 41.9 Å². The molecule has 0 atom stereocenters.